The van der Waals surface area contributed by atoms with Crippen molar-refractivity contribution >= 4 is 10.2 Å². The molecule has 0 aromatic heterocycles. The summed E-state index contributed by atoms with van der Waals surface area (Å²) in [6.45, 7) is 0.899. The van der Waals surface area contributed by atoms with Crippen LogP contribution in [0.3, 0.4) is 0 Å². The maximum Gasteiger partial charge on any atom is 0.215 e. The third kappa shape index (κ3) is 4.93. The van der Waals surface area contributed by atoms with E-state index in [1.54, 1.807) is 14.2 Å². The van der Waals surface area contributed by atoms with Crippen LogP contribution < -0.4 is 5.32 Å². The molecule has 0 aromatic rings. The molecule has 1 N–H and O–H groups in total. The molecule has 0 saturated heterocycles. The third-order valence-corrected chi connectivity index (χ3v) is 1.45. The summed E-state index contributed by atoms with van der Waals surface area (Å²) in [5, 5.41) is 3.04. The lowest BCUT2D eigenvalue weighted by atomic mass is 10.5. The van der Waals surface area contributed by atoms with Gasteiger partial charge in [-0.25, -0.2) is 0 Å². The van der Waals surface area contributed by atoms with Gasteiger partial charge in [0.15, 0.2) is 0 Å². The van der Waals surface area contributed by atoms with Gasteiger partial charge in [-0.3, -0.25) is 5.32 Å². The van der Waals surface area contributed by atoms with Crippen molar-refractivity contribution < 1.29 is 9.47 Å². The van der Waals surface area contributed by atoms with Crippen LogP contribution in [0.5, 0.6) is 0 Å². The molecule has 0 heterocycles. The van der Waals surface area contributed by atoms with E-state index in [-0.39, 0.29) is 6.41 Å². The van der Waals surface area contributed by atoms with Gasteiger partial charge in [0.1, 0.15) is 0 Å². The summed E-state index contributed by atoms with van der Waals surface area (Å²) >= 11 is 0. The Kier molecular flexibility index (Phi) is 7.28. The second kappa shape index (κ2) is 7.21. The van der Waals surface area contributed by atoms with Crippen molar-refractivity contribution in [3.63, 3.8) is 0 Å². The van der Waals surface area contributed by atoms with Gasteiger partial charge in [0.2, 0.25) is 6.41 Å². The van der Waals surface area contributed by atoms with Crippen molar-refractivity contribution in [2.75, 3.05) is 20.8 Å². The van der Waals surface area contributed by atoms with Gasteiger partial charge in [-0.15, -0.1) is 0 Å². The SMILES string of the molecule is COC(NCCC[Si])OC. The quantitative estimate of drug-likeness (QED) is 0.340. The van der Waals surface area contributed by atoms with Gasteiger partial charge in [0, 0.05) is 24.5 Å². The lowest BCUT2D eigenvalue weighted by molar-refractivity contribution is -0.122. The Morgan fingerprint density at radius 2 is 2.00 bits per heavy atom. The van der Waals surface area contributed by atoms with E-state index in [0.717, 1.165) is 19.0 Å². The molecule has 0 rings (SSSR count). The summed E-state index contributed by atoms with van der Waals surface area (Å²) in [5.74, 6) is 0. The van der Waals surface area contributed by atoms with Crippen molar-refractivity contribution in [1.29, 1.82) is 0 Å². The van der Waals surface area contributed by atoms with E-state index < -0.39 is 0 Å². The van der Waals surface area contributed by atoms with Crippen LogP contribution in [0.1, 0.15) is 6.42 Å². The molecule has 0 amide bonds. The number of ether oxygens (including phenoxy) is 2. The van der Waals surface area contributed by atoms with Gasteiger partial charge in [-0.2, -0.15) is 0 Å². The average Bonchev–Trinajstić information content (AvgIpc) is 1.99. The van der Waals surface area contributed by atoms with E-state index in [9.17, 15) is 0 Å². The highest BCUT2D eigenvalue weighted by molar-refractivity contribution is 6.08. The summed E-state index contributed by atoms with van der Waals surface area (Å²) in [6.07, 6.45) is 0.804. The van der Waals surface area contributed by atoms with Gasteiger partial charge >= 0.3 is 0 Å². The average molecular weight is 160 g/mol. The van der Waals surface area contributed by atoms with Gasteiger partial charge in [-0.1, -0.05) is 6.04 Å². The number of methoxy groups -OCH3 is 2. The summed E-state index contributed by atoms with van der Waals surface area (Å²) in [6, 6.07) is 0.993. The molecule has 0 bridgehead atoms. The molecule has 0 spiro atoms. The fourth-order valence-electron chi connectivity index (χ4n) is 0.571. The Morgan fingerprint density at radius 3 is 2.40 bits per heavy atom. The maximum atomic E-state index is 4.90. The molecule has 4 heteroatoms. The van der Waals surface area contributed by atoms with E-state index in [0.29, 0.717) is 0 Å². The molecule has 0 aliphatic carbocycles. The summed E-state index contributed by atoms with van der Waals surface area (Å²) in [7, 11) is 6.58. The first-order chi connectivity index (χ1) is 4.85. The molecule has 0 aliphatic heterocycles. The molecule has 0 aliphatic rings. The molecular formula is C6H14NO2Si. The Bertz CT molecular complexity index is 68.8. The molecule has 3 radical (unpaired) electrons. The Morgan fingerprint density at radius 1 is 1.40 bits per heavy atom. The van der Waals surface area contributed by atoms with Crippen LogP contribution in [-0.4, -0.2) is 37.4 Å². The van der Waals surface area contributed by atoms with Crippen molar-refractivity contribution in [3.05, 3.63) is 0 Å². The van der Waals surface area contributed by atoms with Crippen LogP contribution in [0.2, 0.25) is 6.04 Å². The highest BCUT2D eigenvalue weighted by Gasteiger charge is 2.00. The van der Waals surface area contributed by atoms with E-state index in [1.165, 1.54) is 0 Å². The molecule has 59 valence electrons. The van der Waals surface area contributed by atoms with Gasteiger partial charge < -0.3 is 9.47 Å². The number of hydrogen-bond donors (Lipinski definition) is 1. The minimum Gasteiger partial charge on any atom is -0.343 e. The predicted octanol–water partition coefficient (Wildman–Crippen LogP) is 0.129. The minimum atomic E-state index is -0.266. The van der Waals surface area contributed by atoms with Gasteiger partial charge in [0.05, 0.1) is 0 Å². The van der Waals surface area contributed by atoms with Crippen LogP contribution in [0.25, 0.3) is 0 Å². The number of rotatable bonds is 6. The molecule has 10 heavy (non-hydrogen) atoms. The summed E-state index contributed by atoms with van der Waals surface area (Å²) < 4.78 is 9.79. The monoisotopic (exact) mass is 160 g/mol. The smallest absolute Gasteiger partial charge is 0.215 e. The fourth-order valence-corrected chi connectivity index (χ4v) is 0.748. The minimum absolute atomic E-state index is 0.266. The van der Waals surface area contributed by atoms with E-state index in [4.69, 9.17) is 9.47 Å². The Hall–Kier alpha value is 0.0969. The first-order valence-corrected chi connectivity index (χ1v) is 3.99. The molecule has 0 aromatic carbocycles. The lowest BCUT2D eigenvalue weighted by Crippen LogP contribution is -2.33. The van der Waals surface area contributed by atoms with Crippen LogP contribution in [0.4, 0.5) is 0 Å². The normalized spacial score (nSPS) is 10.8. The molecule has 0 atom stereocenters. The van der Waals surface area contributed by atoms with E-state index in [2.05, 4.69) is 15.6 Å². The second-order valence-electron chi connectivity index (χ2n) is 1.86. The van der Waals surface area contributed by atoms with E-state index >= 15 is 0 Å². The zero-order chi connectivity index (χ0) is 7.82. The van der Waals surface area contributed by atoms with Crippen LogP contribution in [0.15, 0.2) is 0 Å². The molecule has 3 nitrogen and oxygen atoms in total. The fraction of sp³-hybridized carbons (Fsp3) is 1.00. The largest absolute Gasteiger partial charge is 0.343 e. The third-order valence-electron chi connectivity index (χ3n) is 1.09. The highest BCUT2D eigenvalue weighted by Crippen LogP contribution is 1.86. The topological polar surface area (TPSA) is 30.5 Å². The maximum absolute atomic E-state index is 4.90. The van der Waals surface area contributed by atoms with E-state index in [1.807, 2.05) is 0 Å². The Balaban J connectivity index is 3.09. The van der Waals surface area contributed by atoms with Gasteiger partial charge in [0.25, 0.3) is 0 Å². The van der Waals surface area contributed by atoms with Crippen molar-refractivity contribution in [1.82, 2.24) is 5.32 Å². The van der Waals surface area contributed by atoms with Crippen LogP contribution in [-0.2, 0) is 9.47 Å². The molecule has 0 saturated carbocycles. The standard InChI is InChI=1S/C6H14NO2Si/c1-8-6(9-2)7-4-3-5-10/h6-7H,3-5H2,1-2H3. The highest BCUT2D eigenvalue weighted by atomic mass is 28.1. The molecular weight excluding hydrogens is 146 g/mol. The van der Waals surface area contributed by atoms with Crippen LogP contribution in [0, 0.1) is 0 Å². The second-order valence-corrected chi connectivity index (χ2v) is 2.36. The summed E-state index contributed by atoms with van der Waals surface area (Å²) in [5.41, 5.74) is 0. The first-order valence-electron chi connectivity index (χ1n) is 3.28. The predicted molar refractivity (Wildman–Crippen MR) is 41.0 cm³/mol. The Labute approximate surface area is 65.5 Å². The summed E-state index contributed by atoms with van der Waals surface area (Å²) in [4.78, 5) is 0. The van der Waals surface area contributed by atoms with Crippen molar-refractivity contribution in [2.45, 2.75) is 18.9 Å². The first kappa shape index (κ1) is 10.1. The molecule has 0 unspecified atom stereocenters. The zero-order valence-corrected chi connectivity index (χ0v) is 7.52. The lowest BCUT2D eigenvalue weighted by Gasteiger charge is -2.13. The van der Waals surface area contributed by atoms with Crippen molar-refractivity contribution in [2.24, 2.45) is 0 Å². The number of nitrogens with one attached hydrogen (secondary N) is 1. The zero-order valence-electron chi connectivity index (χ0n) is 6.52. The molecule has 0 fully saturated rings. The number of hydrogen-bond acceptors (Lipinski definition) is 3. The van der Waals surface area contributed by atoms with Crippen LogP contribution >= 0.6 is 0 Å². The van der Waals surface area contributed by atoms with Crippen molar-refractivity contribution in [3.8, 4) is 0 Å². The van der Waals surface area contributed by atoms with Gasteiger partial charge in [-0.05, 0) is 13.0 Å².